The van der Waals surface area contributed by atoms with Crippen LogP contribution in [0.2, 0.25) is 0 Å². The van der Waals surface area contributed by atoms with E-state index in [1.54, 1.807) is 48.7 Å². The Hall–Kier alpha value is -6.79. The number of halogens is 2. The van der Waals surface area contributed by atoms with Crippen molar-refractivity contribution in [3.05, 3.63) is 176 Å². The van der Waals surface area contributed by atoms with Crippen LogP contribution in [-0.4, -0.2) is 15.4 Å². The number of fused-ring (bicyclic) bond motifs is 3. The smallest absolute Gasteiger partial charge is 0.136 e. The number of hydrogen-bond donors (Lipinski definition) is 0. The number of nitrogens with zero attached hydrogens (tertiary/aromatic N) is 3. The minimum Gasteiger partial charge on any atom is -0.456 e. The van der Waals surface area contributed by atoms with E-state index >= 15 is 8.78 Å². The van der Waals surface area contributed by atoms with E-state index in [1.807, 2.05) is 66.7 Å². The first-order valence-electron chi connectivity index (χ1n) is 16.6. The molecule has 0 saturated carbocycles. The number of hydrogen-bond acceptors (Lipinski definition) is 4. The molecule has 0 radical (unpaired) electrons. The van der Waals surface area contributed by atoms with E-state index in [9.17, 15) is 0 Å². The summed E-state index contributed by atoms with van der Waals surface area (Å²) in [5.74, 6) is -0.868. The molecule has 2 heterocycles. The molecule has 242 valence electrons. The Kier molecular flexibility index (Phi) is 7.47. The highest BCUT2D eigenvalue weighted by Crippen LogP contribution is 2.51. The second kappa shape index (κ2) is 12.6. The molecule has 0 bridgehead atoms. The minimum atomic E-state index is -0.447. The Morgan fingerprint density at radius 1 is 0.412 bits per heavy atom. The van der Waals surface area contributed by atoms with Gasteiger partial charge in [-0.25, -0.2) is 8.78 Å². The van der Waals surface area contributed by atoms with E-state index in [4.69, 9.17) is 4.42 Å². The lowest BCUT2D eigenvalue weighted by Crippen LogP contribution is -2.01. The third kappa shape index (κ3) is 5.16. The highest BCUT2D eigenvalue weighted by molar-refractivity contribution is 6.19. The van der Waals surface area contributed by atoms with Gasteiger partial charge in [-0.15, -0.1) is 10.2 Å². The van der Waals surface area contributed by atoms with Gasteiger partial charge in [0, 0.05) is 38.6 Å². The number of benzene rings is 7. The van der Waals surface area contributed by atoms with Crippen molar-refractivity contribution in [2.24, 2.45) is 0 Å². The van der Waals surface area contributed by atoms with Crippen molar-refractivity contribution in [1.29, 1.82) is 0 Å². The molecule has 0 saturated heterocycles. The molecule has 9 aromatic rings. The van der Waals surface area contributed by atoms with Crippen molar-refractivity contribution in [3.8, 4) is 66.9 Å². The molecule has 0 N–H and O–H groups in total. The molecule has 0 unspecified atom stereocenters. The van der Waals surface area contributed by atoms with Gasteiger partial charge in [0.25, 0.3) is 0 Å². The van der Waals surface area contributed by atoms with E-state index in [0.717, 1.165) is 49.7 Å². The van der Waals surface area contributed by atoms with Gasteiger partial charge < -0.3 is 4.42 Å². The van der Waals surface area contributed by atoms with Gasteiger partial charge in [0.15, 0.2) is 0 Å². The zero-order valence-electron chi connectivity index (χ0n) is 27.1. The van der Waals surface area contributed by atoms with Gasteiger partial charge in [-0.05, 0) is 75.0 Å². The molecule has 0 atom stereocenters. The second-order valence-electron chi connectivity index (χ2n) is 12.2. The Bertz CT molecular complexity index is 2720. The van der Waals surface area contributed by atoms with Gasteiger partial charge in [-0.1, -0.05) is 121 Å². The normalized spacial score (nSPS) is 11.3. The van der Waals surface area contributed by atoms with Crippen molar-refractivity contribution in [2.75, 3.05) is 0 Å². The van der Waals surface area contributed by atoms with Gasteiger partial charge >= 0.3 is 0 Å². The number of rotatable bonds is 6. The van der Waals surface area contributed by atoms with Crippen molar-refractivity contribution in [2.45, 2.75) is 0 Å². The SMILES string of the molecule is Fc1ccccc1-c1ccc(-c2c(-c3ccccc3-c3ccccc3)ccc3oc4ccccc4c23)c(-c2ccnnn2)c1-c1ccccc1F. The number of para-hydroxylation sites is 1. The van der Waals surface area contributed by atoms with Crippen molar-refractivity contribution < 1.29 is 13.2 Å². The molecule has 51 heavy (non-hydrogen) atoms. The third-order valence-corrected chi connectivity index (χ3v) is 9.39. The first-order valence-corrected chi connectivity index (χ1v) is 16.6. The summed E-state index contributed by atoms with van der Waals surface area (Å²) in [7, 11) is 0. The van der Waals surface area contributed by atoms with Crippen molar-refractivity contribution >= 4 is 21.9 Å². The number of aromatic nitrogens is 3. The van der Waals surface area contributed by atoms with Gasteiger partial charge in [0.05, 0.1) is 11.9 Å². The fourth-order valence-corrected chi connectivity index (χ4v) is 7.21. The molecule has 0 aliphatic heterocycles. The maximum Gasteiger partial charge on any atom is 0.136 e. The van der Waals surface area contributed by atoms with Crippen LogP contribution in [0.4, 0.5) is 8.78 Å². The van der Waals surface area contributed by atoms with E-state index in [2.05, 4.69) is 51.8 Å². The predicted octanol–water partition coefficient (Wildman–Crippen LogP) is 12.1. The van der Waals surface area contributed by atoms with E-state index < -0.39 is 11.6 Å². The van der Waals surface area contributed by atoms with Gasteiger partial charge in [-0.3, -0.25) is 0 Å². The maximum atomic E-state index is 16.1. The first kappa shape index (κ1) is 30.3. The molecule has 6 heteroatoms. The average molecular weight is 664 g/mol. The average Bonchev–Trinajstić information content (AvgIpc) is 3.57. The summed E-state index contributed by atoms with van der Waals surface area (Å²) in [5.41, 5.74) is 9.83. The summed E-state index contributed by atoms with van der Waals surface area (Å²) in [6.07, 6.45) is 1.56. The predicted molar refractivity (Wildman–Crippen MR) is 200 cm³/mol. The summed E-state index contributed by atoms with van der Waals surface area (Å²) < 4.78 is 38.3. The Morgan fingerprint density at radius 2 is 1.02 bits per heavy atom. The van der Waals surface area contributed by atoms with Crippen LogP contribution in [0.15, 0.2) is 168 Å². The largest absolute Gasteiger partial charge is 0.456 e. The molecule has 0 aliphatic rings. The molecule has 9 rings (SSSR count). The van der Waals surface area contributed by atoms with Crippen LogP contribution in [0.1, 0.15) is 0 Å². The summed E-state index contributed by atoms with van der Waals surface area (Å²) in [6.45, 7) is 0. The lowest BCUT2D eigenvalue weighted by atomic mass is 9.80. The van der Waals surface area contributed by atoms with Crippen LogP contribution >= 0.6 is 0 Å². The molecule has 0 amide bonds. The lowest BCUT2D eigenvalue weighted by molar-refractivity contribution is 0.629. The van der Waals surface area contributed by atoms with E-state index in [-0.39, 0.29) is 0 Å². The minimum absolute atomic E-state index is 0.307. The number of furan rings is 1. The summed E-state index contributed by atoms with van der Waals surface area (Å²) in [5, 5.41) is 14.3. The van der Waals surface area contributed by atoms with Crippen molar-refractivity contribution in [3.63, 3.8) is 0 Å². The zero-order valence-corrected chi connectivity index (χ0v) is 27.1. The van der Waals surface area contributed by atoms with Crippen LogP contribution in [0.5, 0.6) is 0 Å². The molecular weight excluding hydrogens is 637 g/mol. The van der Waals surface area contributed by atoms with Crippen LogP contribution in [-0.2, 0) is 0 Å². The summed E-state index contributed by atoms with van der Waals surface area (Å²) in [6, 6.07) is 49.3. The van der Waals surface area contributed by atoms with E-state index in [1.165, 1.54) is 12.1 Å². The first-order chi connectivity index (χ1) is 25.2. The van der Waals surface area contributed by atoms with E-state index in [0.29, 0.717) is 39.1 Å². The maximum absolute atomic E-state index is 16.1. The van der Waals surface area contributed by atoms with Crippen molar-refractivity contribution in [1.82, 2.24) is 15.4 Å². The molecule has 0 spiro atoms. The fourth-order valence-electron chi connectivity index (χ4n) is 7.21. The van der Waals surface area contributed by atoms with Crippen LogP contribution in [0, 0.1) is 11.6 Å². The topological polar surface area (TPSA) is 51.8 Å². The third-order valence-electron chi connectivity index (χ3n) is 9.39. The zero-order chi connectivity index (χ0) is 34.3. The standard InChI is InChI=1S/C45H27F2N3O/c46-37-19-9-6-16-31(37)33-22-23-36(44(39-26-27-48-50-49-39)42(33)34-17-7-10-20-38(34)47)43-32(24-25-41-45(43)35-18-8-11-21-40(35)51-41)30-15-5-4-14-29(30)28-12-2-1-3-13-28/h1-27H. The highest BCUT2D eigenvalue weighted by Gasteiger charge is 2.27. The monoisotopic (exact) mass is 663 g/mol. The quantitative estimate of drug-likeness (QED) is 0.178. The van der Waals surface area contributed by atoms with Gasteiger partial charge in [0.1, 0.15) is 22.8 Å². The molecule has 7 aromatic carbocycles. The summed E-state index contributed by atoms with van der Waals surface area (Å²) >= 11 is 0. The highest BCUT2D eigenvalue weighted by atomic mass is 19.1. The van der Waals surface area contributed by atoms with Crippen LogP contribution in [0.3, 0.4) is 0 Å². The van der Waals surface area contributed by atoms with Gasteiger partial charge in [-0.2, -0.15) is 0 Å². The fraction of sp³-hybridized carbons (Fsp3) is 0. The Labute approximate surface area is 292 Å². The lowest BCUT2D eigenvalue weighted by Gasteiger charge is -2.23. The van der Waals surface area contributed by atoms with Crippen LogP contribution in [0.25, 0.3) is 88.8 Å². The Balaban J connectivity index is 1.49. The molecule has 2 aromatic heterocycles. The van der Waals surface area contributed by atoms with Gasteiger partial charge in [0.2, 0.25) is 0 Å². The second-order valence-corrected chi connectivity index (χ2v) is 12.2. The molecule has 4 nitrogen and oxygen atoms in total. The molecular formula is C45H27F2N3O. The van der Waals surface area contributed by atoms with Crippen LogP contribution < -0.4 is 0 Å². The molecule has 0 fully saturated rings. The molecule has 0 aliphatic carbocycles. The Morgan fingerprint density at radius 3 is 1.76 bits per heavy atom. The summed E-state index contributed by atoms with van der Waals surface area (Å²) in [4.78, 5) is 0.